The van der Waals surface area contributed by atoms with Gasteiger partial charge < -0.3 is 10.1 Å². The quantitative estimate of drug-likeness (QED) is 0.667. The van der Waals surface area contributed by atoms with Gasteiger partial charge in [0, 0.05) is 36.5 Å². The summed E-state index contributed by atoms with van der Waals surface area (Å²) in [6.45, 7) is 8.72. The minimum absolute atomic E-state index is 0.383. The summed E-state index contributed by atoms with van der Waals surface area (Å²) >= 11 is 1.54. The Hall–Kier alpha value is -0.470. The molecule has 0 saturated carbocycles. The molecular weight excluding hydrogens is 308 g/mol. The number of rotatable bonds is 10. The van der Waals surface area contributed by atoms with Crippen LogP contribution in [0.1, 0.15) is 30.0 Å². The normalized spacial score (nSPS) is 12.2. The van der Waals surface area contributed by atoms with Crippen molar-refractivity contribution in [2.45, 2.75) is 38.6 Å². The summed E-state index contributed by atoms with van der Waals surface area (Å²) in [4.78, 5) is 2.33. The van der Waals surface area contributed by atoms with Crippen molar-refractivity contribution in [3.63, 3.8) is 0 Å². The monoisotopic (exact) mass is 334 g/mol. The zero-order valence-corrected chi connectivity index (χ0v) is 14.9. The number of aryl methyl sites for hydroxylation is 1. The van der Waals surface area contributed by atoms with Gasteiger partial charge in [-0.2, -0.15) is 4.31 Å². The van der Waals surface area contributed by atoms with Crippen molar-refractivity contribution in [3.8, 4) is 0 Å². The minimum Gasteiger partial charge on any atom is -0.383 e. The minimum atomic E-state index is -3.43. The number of likely N-dealkylation sites (N-methyl/N-ethyl adjacent to an activating group) is 1. The van der Waals surface area contributed by atoms with Crippen molar-refractivity contribution in [1.82, 2.24) is 9.62 Å². The third-order valence-electron chi connectivity index (χ3n) is 3.16. The first-order valence-corrected chi connectivity index (χ1v) is 9.52. The van der Waals surface area contributed by atoms with Crippen LogP contribution in [0, 0.1) is 6.92 Å². The van der Waals surface area contributed by atoms with Crippen molar-refractivity contribution >= 4 is 21.4 Å². The van der Waals surface area contributed by atoms with Gasteiger partial charge in [0.2, 0.25) is 10.0 Å². The largest absolute Gasteiger partial charge is 0.383 e. The van der Waals surface area contributed by atoms with E-state index in [2.05, 4.69) is 12.2 Å². The number of ether oxygens (including phenoxy) is 1. The number of thiophene rings is 1. The Kier molecular flexibility index (Phi) is 7.83. The van der Waals surface area contributed by atoms with Crippen LogP contribution in [0.3, 0.4) is 0 Å². The maximum atomic E-state index is 12.7. The Morgan fingerprint density at radius 3 is 2.67 bits per heavy atom. The van der Waals surface area contributed by atoms with Crippen LogP contribution in [0.25, 0.3) is 0 Å². The molecular formula is C14H26N2O3S2. The fourth-order valence-electron chi connectivity index (χ4n) is 2.04. The summed E-state index contributed by atoms with van der Waals surface area (Å²) in [5.41, 5.74) is 0. The highest BCUT2D eigenvalue weighted by Crippen LogP contribution is 2.28. The van der Waals surface area contributed by atoms with Gasteiger partial charge in [0.25, 0.3) is 0 Å². The third kappa shape index (κ3) is 5.03. The topological polar surface area (TPSA) is 58.6 Å². The Morgan fingerprint density at radius 2 is 2.10 bits per heavy atom. The number of hydrogen-bond donors (Lipinski definition) is 1. The van der Waals surface area contributed by atoms with Crippen LogP contribution in [-0.2, 0) is 21.3 Å². The summed E-state index contributed by atoms with van der Waals surface area (Å²) in [6, 6.07) is 1.80. The van der Waals surface area contributed by atoms with E-state index >= 15 is 0 Å². The second-order valence-corrected chi connectivity index (χ2v) is 8.05. The van der Waals surface area contributed by atoms with Gasteiger partial charge in [-0.05, 0) is 26.0 Å². The van der Waals surface area contributed by atoms with E-state index in [1.54, 1.807) is 24.5 Å². The Labute approximate surface area is 132 Å². The Morgan fingerprint density at radius 1 is 1.38 bits per heavy atom. The molecule has 0 radical (unpaired) electrons. The molecule has 21 heavy (non-hydrogen) atoms. The average molecular weight is 335 g/mol. The summed E-state index contributed by atoms with van der Waals surface area (Å²) in [5.74, 6) is 0. The van der Waals surface area contributed by atoms with Crippen LogP contribution < -0.4 is 5.32 Å². The van der Waals surface area contributed by atoms with Crippen molar-refractivity contribution in [2.75, 3.05) is 33.4 Å². The van der Waals surface area contributed by atoms with Gasteiger partial charge in [0.1, 0.15) is 0 Å². The predicted octanol–water partition coefficient (Wildman–Crippen LogP) is 2.21. The number of nitrogens with one attached hydrogen (secondary N) is 1. The van der Waals surface area contributed by atoms with E-state index in [1.807, 2.05) is 13.8 Å². The lowest BCUT2D eigenvalue weighted by molar-refractivity contribution is 0.180. The molecule has 1 aromatic rings. The smallest absolute Gasteiger partial charge is 0.244 e. The van der Waals surface area contributed by atoms with Crippen molar-refractivity contribution in [2.24, 2.45) is 0 Å². The molecule has 0 spiro atoms. The van der Waals surface area contributed by atoms with E-state index in [9.17, 15) is 8.42 Å². The molecule has 0 aliphatic heterocycles. The first-order valence-electron chi connectivity index (χ1n) is 7.26. The molecule has 1 heterocycles. The molecule has 122 valence electrons. The van der Waals surface area contributed by atoms with E-state index < -0.39 is 10.0 Å². The number of sulfonamides is 1. The van der Waals surface area contributed by atoms with Gasteiger partial charge in [0.05, 0.1) is 11.5 Å². The first kappa shape index (κ1) is 18.6. The fourth-order valence-corrected chi connectivity index (χ4v) is 5.04. The van der Waals surface area contributed by atoms with Crippen LogP contribution in [-0.4, -0.2) is 46.1 Å². The van der Waals surface area contributed by atoms with Gasteiger partial charge in [0.15, 0.2) is 0 Å². The molecule has 0 aliphatic rings. The van der Waals surface area contributed by atoms with Crippen LogP contribution in [0.4, 0.5) is 0 Å². The lowest BCUT2D eigenvalue weighted by Crippen LogP contribution is -2.33. The lowest BCUT2D eigenvalue weighted by atomic mass is 10.4. The van der Waals surface area contributed by atoms with Crippen LogP contribution >= 0.6 is 11.3 Å². The van der Waals surface area contributed by atoms with Crippen molar-refractivity contribution < 1.29 is 13.2 Å². The van der Waals surface area contributed by atoms with E-state index in [-0.39, 0.29) is 0 Å². The molecule has 1 N–H and O–H groups in total. The second kappa shape index (κ2) is 8.85. The summed E-state index contributed by atoms with van der Waals surface area (Å²) in [7, 11) is -1.85. The standard InChI is InChI=1S/C14H26N2O3S2/c1-5-7-15-11-13-10-14(12(3)20-13)21(17,18)16(6-2)8-9-19-4/h10,15H,5-9,11H2,1-4H3. The Bertz CT molecular complexity index is 526. The summed E-state index contributed by atoms with van der Waals surface area (Å²) < 4.78 is 31.8. The van der Waals surface area contributed by atoms with Crippen LogP contribution in [0.2, 0.25) is 0 Å². The molecule has 0 aromatic carbocycles. The molecule has 7 heteroatoms. The van der Waals surface area contributed by atoms with E-state index in [4.69, 9.17) is 4.74 Å². The molecule has 0 saturated heterocycles. The van der Waals surface area contributed by atoms with Crippen molar-refractivity contribution in [1.29, 1.82) is 0 Å². The van der Waals surface area contributed by atoms with Gasteiger partial charge in [-0.3, -0.25) is 0 Å². The summed E-state index contributed by atoms with van der Waals surface area (Å²) in [5, 5.41) is 3.30. The molecule has 1 aromatic heterocycles. The van der Waals surface area contributed by atoms with Gasteiger partial charge >= 0.3 is 0 Å². The van der Waals surface area contributed by atoms with Gasteiger partial charge in [-0.25, -0.2) is 8.42 Å². The molecule has 0 unspecified atom stereocenters. The zero-order valence-electron chi connectivity index (χ0n) is 13.3. The van der Waals surface area contributed by atoms with Gasteiger partial charge in [-0.1, -0.05) is 13.8 Å². The van der Waals surface area contributed by atoms with E-state index in [0.717, 1.165) is 29.3 Å². The molecule has 1 rings (SSSR count). The lowest BCUT2D eigenvalue weighted by Gasteiger charge is -2.19. The van der Waals surface area contributed by atoms with Crippen LogP contribution in [0.15, 0.2) is 11.0 Å². The Balaban J connectivity index is 2.91. The van der Waals surface area contributed by atoms with E-state index in [0.29, 0.717) is 24.6 Å². The number of nitrogens with zero attached hydrogens (tertiary/aromatic N) is 1. The number of methoxy groups -OCH3 is 1. The fraction of sp³-hybridized carbons (Fsp3) is 0.714. The third-order valence-corrected chi connectivity index (χ3v) is 6.44. The van der Waals surface area contributed by atoms with Crippen molar-refractivity contribution in [3.05, 3.63) is 15.8 Å². The molecule has 0 atom stereocenters. The highest BCUT2D eigenvalue weighted by atomic mass is 32.2. The van der Waals surface area contributed by atoms with E-state index in [1.165, 1.54) is 4.31 Å². The molecule has 0 bridgehead atoms. The molecule has 5 nitrogen and oxygen atoms in total. The average Bonchev–Trinajstić information content (AvgIpc) is 2.81. The molecule has 0 amide bonds. The zero-order chi connectivity index (χ0) is 15.9. The highest BCUT2D eigenvalue weighted by Gasteiger charge is 2.26. The first-order chi connectivity index (χ1) is 9.97. The molecule has 0 aliphatic carbocycles. The van der Waals surface area contributed by atoms with Crippen LogP contribution in [0.5, 0.6) is 0 Å². The molecule has 0 fully saturated rings. The SMILES string of the molecule is CCCNCc1cc(S(=O)(=O)N(CC)CCOC)c(C)s1. The maximum Gasteiger partial charge on any atom is 0.244 e. The highest BCUT2D eigenvalue weighted by molar-refractivity contribution is 7.89. The maximum absolute atomic E-state index is 12.7. The summed E-state index contributed by atoms with van der Waals surface area (Å²) in [6.07, 6.45) is 1.07. The predicted molar refractivity (Wildman–Crippen MR) is 87.4 cm³/mol. The number of hydrogen-bond acceptors (Lipinski definition) is 5. The van der Waals surface area contributed by atoms with Gasteiger partial charge in [-0.15, -0.1) is 11.3 Å². The second-order valence-electron chi connectivity index (χ2n) is 4.80.